The summed E-state index contributed by atoms with van der Waals surface area (Å²) in [4.78, 5) is 23.9. The maximum absolute atomic E-state index is 12.0. The number of halogens is 1. The maximum atomic E-state index is 12.0. The van der Waals surface area contributed by atoms with E-state index >= 15 is 0 Å². The molecule has 30 heavy (non-hydrogen) atoms. The number of thioether (sulfide) groups is 1. The molecule has 0 aliphatic rings. The number of anilines is 2. The second-order valence-corrected chi connectivity index (χ2v) is 8.36. The molecule has 0 aliphatic carbocycles. The van der Waals surface area contributed by atoms with Gasteiger partial charge < -0.3 is 10.1 Å². The third-order valence-corrected chi connectivity index (χ3v) is 5.81. The van der Waals surface area contributed by atoms with Crippen LogP contribution in [0, 0.1) is 0 Å². The number of rotatable bonds is 8. The van der Waals surface area contributed by atoms with Crippen LogP contribution < -0.4 is 20.9 Å². The predicted molar refractivity (Wildman–Crippen MR) is 119 cm³/mol. The summed E-state index contributed by atoms with van der Waals surface area (Å²) in [6, 6.07) is 13.9. The van der Waals surface area contributed by atoms with Crippen LogP contribution in [0.25, 0.3) is 0 Å². The monoisotopic (exact) mass is 463 g/mol. The van der Waals surface area contributed by atoms with E-state index in [1.54, 1.807) is 24.3 Å². The summed E-state index contributed by atoms with van der Waals surface area (Å²) in [7, 11) is 0. The number of ether oxygens (including phenoxy) is 1. The molecule has 11 heteroatoms. The van der Waals surface area contributed by atoms with Crippen molar-refractivity contribution in [3.05, 3.63) is 59.1 Å². The Labute approximate surface area is 186 Å². The lowest BCUT2D eigenvalue weighted by Crippen LogP contribution is -2.42. The van der Waals surface area contributed by atoms with Crippen LogP contribution >= 0.6 is 34.7 Å². The van der Waals surface area contributed by atoms with Gasteiger partial charge in [-0.1, -0.05) is 46.8 Å². The fraction of sp³-hybridized carbons (Fsp3) is 0.158. The Morgan fingerprint density at radius 1 is 1.10 bits per heavy atom. The number of para-hydroxylation sites is 2. The van der Waals surface area contributed by atoms with Gasteiger partial charge in [0.2, 0.25) is 11.0 Å². The smallest absolute Gasteiger partial charge is 0.269 e. The molecule has 0 bridgehead atoms. The summed E-state index contributed by atoms with van der Waals surface area (Å²) in [6.45, 7) is 2.47. The van der Waals surface area contributed by atoms with E-state index < -0.39 is 5.91 Å². The first-order chi connectivity index (χ1) is 14.5. The average Bonchev–Trinajstić information content (AvgIpc) is 3.20. The Balaban J connectivity index is 1.46. The largest absolute Gasteiger partial charge is 0.492 e. The SMILES string of the molecule is CCOc1ccccc1Nc1nnc(SCC(=O)NNC(=O)c2ccc(Cl)cc2)s1. The molecule has 0 unspecified atom stereocenters. The summed E-state index contributed by atoms with van der Waals surface area (Å²) in [5.41, 5.74) is 5.90. The normalized spacial score (nSPS) is 10.3. The molecule has 1 heterocycles. The Bertz CT molecular complexity index is 1010. The summed E-state index contributed by atoms with van der Waals surface area (Å²) >= 11 is 8.32. The summed E-state index contributed by atoms with van der Waals surface area (Å²) in [5.74, 6) is -0.000249. The van der Waals surface area contributed by atoms with E-state index in [-0.39, 0.29) is 11.7 Å². The fourth-order valence-corrected chi connectivity index (χ4v) is 3.94. The highest BCUT2D eigenvalue weighted by Gasteiger charge is 2.11. The Morgan fingerprint density at radius 3 is 2.63 bits per heavy atom. The van der Waals surface area contributed by atoms with Crippen molar-refractivity contribution in [3.63, 3.8) is 0 Å². The van der Waals surface area contributed by atoms with Gasteiger partial charge in [-0.05, 0) is 43.3 Å². The predicted octanol–water partition coefficient (Wildman–Crippen LogP) is 3.89. The molecule has 3 N–H and O–H groups in total. The third kappa shape index (κ3) is 6.34. The Morgan fingerprint density at radius 2 is 1.87 bits per heavy atom. The Kier molecular flexibility index (Phi) is 7.89. The minimum absolute atomic E-state index is 0.0745. The molecule has 0 atom stereocenters. The van der Waals surface area contributed by atoms with Gasteiger partial charge in [-0.25, -0.2) is 0 Å². The molecule has 0 radical (unpaired) electrons. The van der Waals surface area contributed by atoms with Crippen molar-refractivity contribution >= 4 is 57.3 Å². The van der Waals surface area contributed by atoms with E-state index in [1.807, 2.05) is 31.2 Å². The molecule has 0 fully saturated rings. The number of carbonyl (C=O) groups excluding carboxylic acids is 2. The van der Waals surface area contributed by atoms with E-state index in [0.29, 0.717) is 26.7 Å². The van der Waals surface area contributed by atoms with Crippen LogP contribution in [0.3, 0.4) is 0 Å². The zero-order valence-corrected chi connectivity index (χ0v) is 18.2. The van der Waals surface area contributed by atoms with Crippen LogP contribution in [0.5, 0.6) is 5.75 Å². The average molecular weight is 464 g/mol. The molecule has 156 valence electrons. The van der Waals surface area contributed by atoms with Crippen molar-refractivity contribution in [2.24, 2.45) is 0 Å². The van der Waals surface area contributed by atoms with Crippen LogP contribution in [0.2, 0.25) is 5.02 Å². The number of amides is 2. The minimum Gasteiger partial charge on any atom is -0.492 e. The number of hydrogen-bond donors (Lipinski definition) is 3. The lowest BCUT2D eigenvalue weighted by molar-refractivity contribution is -0.119. The quantitative estimate of drug-likeness (QED) is 0.344. The van der Waals surface area contributed by atoms with E-state index in [2.05, 4.69) is 26.4 Å². The zero-order chi connectivity index (χ0) is 21.3. The highest BCUT2D eigenvalue weighted by Crippen LogP contribution is 2.31. The molecule has 2 aromatic carbocycles. The number of benzene rings is 2. The van der Waals surface area contributed by atoms with Gasteiger partial charge in [0.05, 0.1) is 18.0 Å². The Hall–Kier alpha value is -2.82. The van der Waals surface area contributed by atoms with Crippen molar-refractivity contribution in [1.29, 1.82) is 0 Å². The van der Waals surface area contributed by atoms with E-state index in [9.17, 15) is 9.59 Å². The topological polar surface area (TPSA) is 105 Å². The van der Waals surface area contributed by atoms with Gasteiger partial charge in [0.15, 0.2) is 4.34 Å². The number of hydrogen-bond acceptors (Lipinski definition) is 8. The summed E-state index contributed by atoms with van der Waals surface area (Å²) in [6.07, 6.45) is 0. The maximum Gasteiger partial charge on any atom is 0.269 e. The molecular formula is C19H18ClN5O3S2. The van der Waals surface area contributed by atoms with Crippen LogP contribution in [-0.4, -0.2) is 34.4 Å². The first kappa shape index (κ1) is 21.9. The third-order valence-electron chi connectivity index (χ3n) is 3.58. The molecule has 2 amide bonds. The molecule has 0 spiro atoms. The van der Waals surface area contributed by atoms with E-state index in [4.69, 9.17) is 16.3 Å². The highest BCUT2D eigenvalue weighted by molar-refractivity contribution is 8.01. The van der Waals surface area contributed by atoms with Crippen molar-refractivity contribution in [3.8, 4) is 5.75 Å². The van der Waals surface area contributed by atoms with Gasteiger partial charge in [-0.2, -0.15) is 0 Å². The van der Waals surface area contributed by atoms with Crippen LogP contribution in [0.4, 0.5) is 10.8 Å². The van der Waals surface area contributed by atoms with Gasteiger partial charge in [0, 0.05) is 10.6 Å². The lowest BCUT2D eigenvalue weighted by Gasteiger charge is -2.09. The zero-order valence-electron chi connectivity index (χ0n) is 15.8. The molecule has 3 aromatic rings. The summed E-state index contributed by atoms with van der Waals surface area (Å²) < 4.78 is 6.19. The number of nitrogens with one attached hydrogen (secondary N) is 3. The number of carbonyl (C=O) groups is 2. The number of aromatic nitrogens is 2. The molecule has 0 saturated heterocycles. The minimum atomic E-state index is -0.430. The van der Waals surface area contributed by atoms with Crippen molar-refractivity contribution < 1.29 is 14.3 Å². The summed E-state index contributed by atoms with van der Waals surface area (Å²) in [5, 5.41) is 12.4. The van der Waals surface area contributed by atoms with Gasteiger partial charge >= 0.3 is 0 Å². The van der Waals surface area contributed by atoms with Gasteiger partial charge in [-0.3, -0.25) is 20.4 Å². The first-order valence-corrected chi connectivity index (χ1v) is 11.0. The molecule has 1 aromatic heterocycles. The number of hydrazine groups is 1. The van der Waals surface area contributed by atoms with E-state index in [0.717, 1.165) is 11.4 Å². The second-order valence-electron chi connectivity index (χ2n) is 5.73. The standard InChI is InChI=1S/C19H18ClN5O3S2/c1-2-28-15-6-4-3-5-14(15)21-18-24-25-19(30-18)29-11-16(26)22-23-17(27)12-7-9-13(20)10-8-12/h3-10H,2,11H2,1H3,(H,21,24)(H,22,26)(H,23,27). The van der Waals surface area contributed by atoms with Crippen molar-refractivity contribution in [1.82, 2.24) is 21.0 Å². The van der Waals surface area contributed by atoms with Crippen LogP contribution in [0.15, 0.2) is 52.9 Å². The van der Waals surface area contributed by atoms with Gasteiger partial charge in [0.1, 0.15) is 5.75 Å². The van der Waals surface area contributed by atoms with Crippen molar-refractivity contribution in [2.45, 2.75) is 11.3 Å². The van der Waals surface area contributed by atoms with Crippen LogP contribution in [0.1, 0.15) is 17.3 Å². The highest BCUT2D eigenvalue weighted by atomic mass is 35.5. The molecule has 3 rings (SSSR count). The molecule has 0 aliphatic heterocycles. The lowest BCUT2D eigenvalue weighted by atomic mass is 10.2. The van der Waals surface area contributed by atoms with Crippen molar-refractivity contribution in [2.75, 3.05) is 17.7 Å². The second kappa shape index (κ2) is 10.8. The molecular weight excluding hydrogens is 446 g/mol. The van der Waals surface area contributed by atoms with Gasteiger partial charge in [0.25, 0.3) is 5.91 Å². The van der Waals surface area contributed by atoms with E-state index in [1.165, 1.54) is 23.1 Å². The van der Waals surface area contributed by atoms with Crippen LogP contribution in [-0.2, 0) is 4.79 Å². The fourth-order valence-electron chi connectivity index (χ4n) is 2.25. The molecule has 0 saturated carbocycles. The number of nitrogens with zero attached hydrogens (tertiary/aromatic N) is 2. The van der Waals surface area contributed by atoms with Gasteiger partial charge in [-0.15, -0.1) is 10.2 Å². The first-order valence-electron chi connectivity index (χ1n) is 8.85. The molecule has 8 nitrogen and oxygen atoms in total.